The van der Waals surface area contributed by atoms with Crippen LogP contribution in [0.15, 0.2) is 42.6 Å². The molecule has 0 aliphatic carbocycles. The van der Waals surface area contributed by atoms with Gasteiger partial charge >= 0.3 is 0 Å². The molecule has 0 radical (unpaired) electrons. The number of ether oxygens (including phenoxy) is 1. The van der Waals surface area contributed by atoms with E-state index < -0.39 is 0 Å². The molecule has 0 bridgehead atoms. The number of anilines is 2. The molecule has 2 heterocycles. The van der Waals surface area contributed by atoms with Crippen LogP contribution in [0.4, 0.5) is 11.5 Å². The Morgan fingerprint density at radius 3 is 2.95 bits per heavy atom. The average Bonchev–Trinajstić information content (AvgIpc) is 2.47. The number of aromatic nitrogens is 1. The molecule has 0 unspecified atom stereocenters. The molecule has 1 aromatic carbocycles. The van der Waals surface area contributed by atoms with Crippen LogP contribution in [0.1, 0.15) is 0 Å². The molecule has 98 valence electrons. The molecular formula is C14H13ClN2O2. The highest BCUT2D eigenvalue weighted by atomic mass is 35.5. The van der Waals surface area contributed by atoms with E-state index in [0.717, 1.165) is 11.4 Å². The molecular weight excluding hydrogens is 264 g/mol. The Bertz CT molecular complexity index is 591. The van der Waals surface area contributed by atoms with Gasteiger partial charge in [-0.05, 0) is 24.3 Å². The van der Waals surface area contributed by atoms with Gasteiger partial charge in [0.2, 0.25) is 0 Å². The van der Waals surface area contributed by atoms with Gasteiger partial charge in [-0.25, -0.2) is 4.98 Å². The lowest BCUT2D eigenvalue weighted by atomic mass is 10.1. The van der Waals surface area contributed by atoms with E-state index in [4.69, 9.17) is 16.3 Å². The Balaban J connectivity index is 2.13. The van der Waals surface area contributed by atoms with E-state index in [9.17, 15) is 5.11 Å². The molecule has 0 amide bonds. The van der Waals surface area contributed by atoms with Gasteiger partial charge in [0.1, 0.15) is 12.4 Å². The zero-order valence-corrected chi connectivity index (χ0v) is 10.9. The van der Waals surface area contributed by atoms with Gasteiger partial charge in [0.05, 0.1) is 23.4 Å². The van der Waals surface area contributed by atoms with E-state index in [-0.39, 0.29) is 12.6 Å². The van der Waals surface area contributed by atoms with Gasteiger partial charge in [-0.2, -0.15) is 0 Å². The molecule has 4 nitrogen and oxygen atoms in total. The second-order valence-corrected chi connectivity index (χ2v) is 4.70. The molecule has 1 N–H and O–H groups in total. The minimum Gasteiger partial charge on any atom is -0.489 e. The first-order valence-corrected chi connectivity index (χ1v) is 6.41. The smallest absolute Gasteiger partial charge is 0.152 e. The molecule has 19 heavy (non-hydrogen) atoms. The van der Waals surface area contributed by atoms with Crippen molar-refractivity contribution in [2.24, 2.45) is 0 Å². The fraction of sp³-hybridized carbons (Fsp3) is 0.214. The van der Waals surface area contributed by atoms with Crippen molar-refractivity contribution < 1.29 is 9.84 Å². The van der Waals surface area contributed by atoms with Crippen LogP contribution in [0, 0.1) is 0 Å². The van der Waals surface area contributed by atoms with Gasteiger partial charge < -0.3 is 14.7 Å². The summed E-state index contributed by atoms with van der Waals surface area (Å²) in [6.45, 7) is 0.377. The van der Waals surface area contributed by atoms with Gasteiger partial charge in [0.25, 0.3) is 0 Å². The van der Waals surface area contributed by atoms with Crippen LogP contribution in [0.2, 0.25) is 5.02 Å². The van der Waals surface area contributed by atoms with E-state index in [2.05, 4.69) is 4.98 Å². The predicted octanol–water partition coefficient (Wildman–Crippen LogP) is 2.63. The van der Waals surface area contributed by atoms with Crippen LogP contribution in [0.5, 0.6) is 5.75 Å². The Hall–Kier alpha value is -1.78. The van der Waals surface area contributed by atoms with Gasteiger partial charge in [-0.3, -0.25) is 0 Å². The fourth-order valence-electron chi connectivity index (χ4n) is 2.21. The van der Waals surface area contributed by atoms with Crippen molar-refractivity contribution in [2.75, 3.05) is 18.1 Å². The first-order valence-electron chi connectivity index (χ1n) is 6.03. The van der Waals surface area contributed by atoms with Gasteiger partial charge in [0, 0.05) is 6.20 Å². The lowest BCUT2D eigenvalue weighted by Crippen LogP contribution is -2.42. The second kappa shape index (κ2) is 5.07. The molecule has 0 saturated heterocycles. The number of nitrogens with zero attached hydrogens (tertiary/aromatic N) is 2. The number of hydrogen-bond donors (Lipinski definition) is 1. The van der Waals surface area contributed by atoms with Crippen LogP contribution in [-0.2, 0) is 0 Å². The average molecular weight is 277 g/mol. The Labute approximate surface area is 116 Å². The number of fused-ring (bicyclic) bond motifs is 1. The molecule has 1 aliphatic rings. The Morgan fingerprint density at radius 2 is 2.16 bits per heavy atom. The zero-order chi connectivity index (χ0) is 13.2. The summed E-state index contributed by atoms with van der Waals surface area (Å²) in [6.07, 6.45) is 1.69. The summed E-state index contributed by atoms with van der Waals surface area (Å²) < 4.78 is 5.65. The first-order chi connectivity index (χ1) is 9.31. The number of para-hydroxylation sites is 2. The Morgan fingerprint density at radius 1 is 1.32 bits per heavy atom. The summed E-state index contributed by atoms with van der Waals surface area (Å²) in [7, 11) is 0. The van der Waals surface area contributed by atoms with Crippen LogP contribution >= 0.6 is 11.6 Å². The van der Waals surface area contributed by atoms with Crippen molar-refractivity contribution in [3.05, 3.63) is 47.6 Å². The summed E-state index contributed by atoms with van der Waals surface area (Å²) in [6, 6.07) is 11.0. The SMILES string of the molecule is OC[C@@H]1COc2ccccc2N1c1ncccc1Cl. The molecule has 2 aromatic rings. The molecule has 3 rings (SSSR count). The lowest BCUT2D eigenvalue weighted by molar-refractivity contribution is 0.194. The topological polar surface area (TPSA) is 45.6 Å². The van der Waals surface area contributed by atoms with Crippen molar-refractivity contribution in [1.82, 2.24) is 4.98 Å². The Kier molecular flexibility index (Phi) is 3.27. The third-order valence-electron chi connectivity index (χ3n) is 3.10. The van der Waals surface area contributed by atoms with E-state index in [0.29, 0.717) is 17.4 Å². The molecule has 1 aliphatic heterocycles. The summed E-state index contributed by atoms with van der Waals surface area (Å²) in [5.41, 5.74) is 0.869. The lowest BCUT2D eigenvalue weighted by Gasteiger charge is -2.37. The van der Waals surface area contributed by atoms with E-state index in [1.165, 1.54) is 0 Å². The van der Waals surface area contributed by atoms with Gasteiger partial charge in [0.15, 0.2) is 5.82 Å². The summed E-state index contributed by atoms with van der Waals surface area (Å²) in [4.78, 5) is 6.26. The molecule has 0 saturated carbocycles. The molecule has 0 spiro atoms. The number of halogens is 1. The third-order valence-corrected chi connectivity index (χ3v) is 3.39. The minimum absolute atomic E-state index is 0.0266. The number of rotatable bonds is 2. The minimum atomic E-state index is -0.192. The normalized spacial score (nSPS) is 17.8. The van der Waals surface area contributed by atoms with Crippen LogP contribution in [0.3, 0.4) is 0 Å². The quantitative estimate of drug-likeness (QED) is 0.916. The maximum Gasteiger partial charge on any atom is 0.152 e. The number of aliphatic hydroxyl groups is 1. The number of benzene rings is 1. The molecule has 5 heteroatoms. The van der Waals surface area contributed by atoms with Crippen LogP contribution in [0.25, 0.3) is 0 Å². The first kappa shape index (κ1) is 12.3. The number of aliphatic hydroxyl groups excluding tert-OH is 1. The van der Waals surface area contributed by atoms with Crippen molar-refractivity contribution in [3.8, 4) is 5.75 Å². The monoisotopic (exact) mass is 276 g/mol. The van der Waals surface area contributed by atoms with E-state index in [1.54, 1.807) is 18.3 Å². The largest absolute Gasteiger partial charge is 0.489 e. The van der Waals surface area contributed by atoms with Crippen molar-refractivity contribution in [1.29, 1.82) is 0 Å². The molecule has 0 fully saturated rings. The van der Waals surface area contributed by atoms with E-state index >= 15 is 0 Å². The summed E-state index contributed by atoms with van der Waals surface area (Å²) in [5.74, 6) is 1.41. The second-order valence-electron chi connectivity index (χ2n) is 4.29. The van der Waals surface area contributed by atoms with Gasteiger partial charge in [-0.15, -0.1) is 0 Å². The maximum absolute atomic E-state index is 9.55. The molecule has 1 aromatic heterocycles. The molecule has 1 atom stereocenters. The number of hydrogen-bond acceptors (Lipinski definition) is 4. The third kappa shape index (κ3) is 2.13. The predicted molar refractivity (Wildman–Crippen MR) is 74.2 cm³/mol. The fourth-order valence-corrected chi connectivity index (χ4v) is 2.42. The zero-order valence-electron chi connectivity index (χ0n) is 10.2. The van der Waals surface area contributed by atoms with Crippen LogP contribution in [-0.4, -0.2) is 29.3 Å². The van der Waals surface area contributed by atoms with Crippen LogP contribution < -0.4 is 9.64 Å². The maximum atomic E-state index is 9.55. The highest BCUT2D eigenvalue weighted by Crippen LogP contribution is 2.40. The standard InChI is InChI=1S/C14H13ClN2O2/c15-11-4-3-7-16-14(11)17-10(8-18)9-19-13-6-2-1-5-12(13)17/h1-7,10,18H,8-9H2/t10-/m1/s1. The number of pyridine rings is 1. The van der Waals surface area contributed by atoms with Crippen molar-refractivity contribution in [3.63, 3.8) is 0 Å². The van der Waals surface area contributed by atoms with Crippen molar-refractivity contribution >= 4 is 23.1 Å². The highest BCUT2D eigenvalue weighted by Gasteiger charge is 2.30. The van der Waals surface area contributed by atoms with E-state index in [1.807, 2.05) is 29.2 Å². The summed E-state index contributed by atoms with van der Waals surface area (Å²) >= 11 is 6.22. The summed E-state index contributed by atoms with van der Waals surface area (Å²) in [5, 5.41) is 10.1. The van der Waals surface area contributed by atoms with Crippen molar-refractivity contribution in [2.45, 2.75) is 6.04 Å². The highest BCUT2D eigenvalue weighted by molar-refractivity contribution is 6.33. The van der Waals surface area contributed by atoms with Gasteiger partial charge in [-0.1, -0.05) is 23.7 Å².